The molecule has 0 bridgehead atoms. The lowest BCUT2D eigenvalue weighted by Gasteiger charge is -2.19. The van der Waals surface area contributed by atoms with E-state index in [4.69, 9.17) is 0 Å². The molecule has 7 heteroatoms. The number of aryl methyl sites for hydroxylation is 1. The lowest BCUT2D eigenvalue weighted by Crippen LogP contribution is -2.29. The van der Waals surface area contributed by atoms with E-state index >= 15 is 0 Å². The average molecular weight is 304 g/mol. The molecular weight excluding hydrogens is 284 g/mol. The van der Waals surface area contributed by atoms with Crippen LogP contribution in [0.2, 0.25) is 0 Å². The smallest absolute Gasteiger partial charge is 0.340 e. The van der Waals surface area contributed by atoms with Crippen LogP contribution in [0.1, 0.15) is 30.3 Å². The molecule has 2 rings (SSSR count). The maximum atomic E-state index is 12.0. The summed E-state index contributed by atoms with van der Waals surface area (Å²) in [6, 6.07) is 9.36. The van der Waals surface area contributed by atoms with E-state index in [0.717, 1.165) is 5.56 Å². The molecule has 0 fully saturated rings. The van der Waals surface area contributed by atoms with Crippen LogP contribution in [0.15, 0.2) is 35.1 Å². The van der Waals surface area contributed by atoms with E-state index in [1.54, 1.807) is 11.9 Å². The van der Waals surface area contributed by atoms with E-state index in [2.05, 4.69) is 15.2 Å². The first-order chi connectivity index (χ1) is 10.6. The second kappa shape index (κ2) is 7.56. The Bertz CT molecular complexity index is 650. The van der Waals surface area contributed by atoms with Gasteiger partial charge in [0.1, 0.15) is 5.82 Å². The van der Waals surface area contributed by atoms with Gasteiger partial charge in [-0.2, -0.15) is 5.10 Å². The van der Waals surface area contributed by atoms with Gasteiger partial charge >= 0.3 is 5.69 Å². The molecule has 118 valence electrons. The Morgan fingerprint density at radius 3 is 2.73 bits per heavy atom. The molecule has 2 aromatic rings. The number of aromatic nitrogens is 3. The molecule has 0 aliphatic carbocycles. The molecule has 0 saturated carbocycles. The second-order valence-corrected chi connectivity index (χ2v) is 5.15. The first kappa shape index (κ1) is 16.0. The third-order valence-corrected chi connectivity index (χ3v) is 3.47. The monoisotopic (exact) mass is 304 g/mol. The maximum absolute atomic E-state index is 12.0. The fourth-order valence-electron chi connectivity index (χ4n) is 2.12. The van der Waals surface area contributed by atoms with Gasteiger partial charge in [0.2, 0.25) is 5.91 Å². The molecule has 1 unspecified atom stereocenters. The molecule has 0 spiro atoms. The highest BCUT2D eigenvalue weighted by atomic mass is 16.3. The Kier molecular flexibility index (Phi) is 5.48. The largest absolute Gasteiger partial charge is 0.388 e. The van der Waals surface area contributed by atoms with Gasteiger partial charge in [0.05, 0.1) is 6.10 Å². The lowest BCUT2D eigenvalue weighted by molar-refractivity contribution is -0.130. The Labute approximate surface area is 128 Å². The van der Waals surface area contributed by atoms with Crippen molar-refractivity contribution >= 4 is 5.91 Å². The van der Waals surface area contributed by atoms with E-state index in [9.17, 15) is 14.7 Å². The summed E-state index contributed by atoms with van der Waals surface area (Å²) in [5.41, 5.74) is 0.472. The fourth-order valence-corrected chi connectivity index (χ4v) is 2.12. The van der Waals surface area contributed by atoms with Crippen molar-refractivity contribution in [3.05, 3.63) is 52.2 Å². The minimum atomic E-state index is -0.584. The first-order valence-corrected chi connectivity index (χ1v) is 7.17. The van der Waals surface area contributed by atoms with E-state index < -0.39 is 6.10 Å². The standard InChI is InChI=1S/C15H20N4O3/c1-19(10-9-12(20)11-5-3-2-4-6-11)14(21)8-7-13-16-15(22)18-17-13/h2-6,12,20H,7-10H2,1H3,(H2,16,17,18,22). The zero-order chi connectivity index (χ0) is 15.9. The summed E-state index contributed by atoms with van der Waals surface area (Å²) in [6.45, 7) is 0.464. The summed E-state index contributed by atoms with van der Waals surface area (Å²) in [5, 5.41) is 16.1. The van der Waals surface area contributed by atoms with Crippen molar-refractivity contribution in [2.75, 3.05) is 13.6 Å². The summed E-state index contributed by atoms with van der Waals surface area (Å²) in [6.07, 6.45) is 0.534. The van der Waals surface area contributed by atoms with Crippen LogP contribution in [0.5, 0.6) is 0 Å². The van der Waals surface area contributed by atoms with Crippen LogP contribution in [0.25, 0.3) is 0 Å². The summed E-state index contributed by atoms with van der Waals surface area (Å²) in [5.74, 6) is 0.417. The quantitative estimate of drug-likeness (QED) is 0.697. The van der Waals surface area contributed by atoms with Crippen LogP contribution in [-0.2, 0) is 11.2 Å². The number of amides is 1. The van der Waals surface area contributed by atoms with Crippen molar-refractivity contribution < 1.29 is 9.90 Å². The van der Waals surface area contributed by atoms with Crippen molar-refractivity contribution in [3.8, 4) is 0 Å². The normalized spacial score (nSPS) is 12.1. The van der Waals surface area contributed by atoms with Crippen LogP contribution in [0, 0.1) is 0 Å². The lowest BCUT2D eigenvalue weighted by atomic mass is 10.1. The molecule has 0 saturated heterocycles. The van der Waals surface area contributed by atoms with Gasteiger partial charge in [0.25, 0.3) is 0 Å². The molecule has 1 atom stereocenters. The number of aromatic amines is 2. The highest BCUT2D eigenvalue weighted by Crippen LogP contribution is 2.16. The number of benzene rings is 1. The predicted octanol–water partition coefficient (Wildman–Crippen LogP) is 0.613. The summed E-state index contributed by atoms with van der Waals surface area (Å²) < 4.78 is 0. The van der Waals surface area contributed by atoms with E-state index in [1.807, 2.05) is 30.3 Å². The molecule has 1 aromatic heterocycles. The number of nitrogens with zero attached hydrogens (tertiary/aromatic N) is 2. The van der Waals surface area contributed by atoms with Gasteiger partial charge in [-0.05, 0) is 12.0 Å². The average Bonchev–Trinajstić information content (AvgIpc) is 2.96. The summed E-state index contributed by atoms with van der Waals surface area (Å²) in [7, 11) is 1.70. The third-order valence-electron chi connectivity index (χ3n) is 3.47. The van der Waals surface area contributed by atoms with Crippen LogP contribution in [-0.4, -0.2) is 44.7 Å². The van der Waals surface area contributed by atoms with Crippen molar-refractivity contribution in [3.63, 3.8) is 0 Å². The maximum Gasteiger partial charge on any atom is 0.340 e. The highest BCUT2D eigenvalue weighted by molar-refractivity contribution is 5.76. The van der Waals surface area contributed by atoms with Gasteiger partial charge in [-0.1, -0.05) is 30.3 Å². The molecule has 22 heavy (non-hydrogen) atoms. The molecular formula is C15H20N4O3. The zero-order valence-electron chi connectivity index (χ0n) is 12.5. The topological polar surface area (TPSA) is 102 Å². The van der Waals surface area contributed by atoms with Gasteiger partial charge in [-0.15, -0.1) is 0 Å². The van der Waals surface area contributed by atoms with Gasteiger partial charge in [-0.25, -0.2) is 9.89 Å². The number of aliphatic hydroxyl groups is 1. The van der Waals surface area contributed by atoms with E-state index in [1.165, 1.54) is 0 Å². The number of hydrogen-bond donors (Lipinski definition) is 3. The molecule has 3 N–H and O–H groups in total. The van der Waals surface area contributed by atoms with Crippen molar-refractivity contribution in [2.45, 2.75) is 25.4 Å². The van der Waals surface area contributed by atoms with Crippen LogP contribution < -0.4 is 5.69 Å². The Morgan fingerprint density at radius 2 is 2.09 bits per heavy atom. The fraction of sp³-hybridized carbons (Fsp3) is 0.400. The van der Waals surface area contributed by atoms with Crippen molar-refractivity contribution in [1.29, 1.82) is 0 Å². The van der Waals surface area contributed by atoms with Gasteiger partial charge in [0.15, 0.2) is 0 Å². The van der Waals surface area contributed by atoms with Gasteiger partial charge in [-0.3, -0.25) is 9.78 Å². The molecule has 1 aromatic carbocycles. The van der Waals surface area contributed by atoms with Gasteiger partial charge < -0.3 is 10.0 Å². The second-order valence-electron chi connectivity index (χ2n) is 5.15. The molecule has 0 aliphatic heterocycles. The van der Waals surface area contributed by atoms with Crippen LogP contribution in [0.3, 0.4) is 0 Å². The molecule has 7 nitrogen and oxygen atoms in total. The van der Waals surface area contributed by atoms with E-state index in [-0.39, 0.29) is 18.0 Å². The highest BCUT2D eigenvalue weighted by Gasteiger charge is 2.13. The SMILES string of the molecule is CN(CCC(O)c1ccccc1)C(=O)CCc1n[nH]c(=O)[nH]1. The summed E-state index contributed by atoms with van der Waals surface area (Å²) >= 11 is 0. The molecule has 1 amide bonds. The number of aliphatic hydroxyl groups excluding tert-OH is 1. The molecule has 0 aliphatic rings. The number of carbonyl (C=O) groups is 1. The minimum absolute atomic E-state index is 0.0517. The number of rotatable bonds is 7. The Hall–Kier alpha value is -2.41. The number of carbonyl (C=O) groups excluding carboxylic acids is 1. The molecule has 0 radical (unpaired) electrons. The minimum Gasteiger partial charge on any atom is -0.388 e. The van der Waals surface area contributed by atoms with Crippen LogP contribution >= 0.6 is 0 Å². The van der Waals surface area contributed by atoms with Crippen molar-refractivity contribution in [1.82, 2.24) is 20.1 Å². The van der Waals surface area contributed by atoms with E-state index in [0.29, 0.717) is 25.2 Å². The summed E-state index contributed by atoms with van der Waals surface area (Å²) in [4.78, 5) is 27.0. The van der Waals surface area contributed by atoms with Crippen molar-refractivity contribution in [2.24, 2.45) is 0 Å². The zero-order valence-corrected chi connectivity index (χ0v) is 12.5. The number of H-pyrrole nitrogens is 2. The van der Waals surface area contributed by atoms with Gasteiger partial charge in [0, 0.05) is 26.4 Å². The third kappa shape index (κ3) is 4.56. The molecule has 1 heterocycles. The van der Waals surface area contributed by atoms with Crippen LogP contribution in [0.4, 0.5) is 0 Å². The number of hydrogen-bond acceptors (Lipinski definition) is 4. The number of nitrogens with one attached hydrogen (secondary N) is 2. The first-order valence-electron chi connectivity index (χ1n) is 7.17. The predicted molar refractivity (Wildman–Crippen MR) is 81.2 cm³/mol. The Balaban J connectivity index is 1.75. The Morgan fingerprint density at radius 1 is 1.36 bits per heavy atom.